The van der Waals surface area contributed by atoms with Gasteiger partial charge in [0.15, 0.2) is 5.78 Å². The first kappa shape index (κ1) is 15.0. The second-order valence-electron chi connectivity index (χ2n) is 4.48. The number of ether oxygens (including phenoxy) is 1. The summed E-state index contributed by atoms with van der Waals surface area (Å²) < 4.78 is 5.10. The van der Waals surface area contributed by atoms with Crippen molar-refractivity contribution in [3.8, 4) is 5.75 Å². The largest absolute Gasteiger partial charge is 0.495 e. The normalized spacial score (nSPS) is 10.7. The molecule has 0 fully saturated rings. The highest BCUT2D eigenvalue weighted by Crippen LogP contribution is 2.25. The van der Waals surface area contributed by atoms with Crippen LogP contribution in [0.1, 0.15) is 37.0 Å². The van der Waals surface area contributed by atoms with Crippen molar-refractivity contribution in [2.75, 3.05) is 13.7 Å². The number of benzene rings is 1. The molecule has 0 aliphatic carbocycles. The number of carbonyl (C=O) groups is 1. The molecule has 1 aromatic carbocycles. The van der Waals surface area contributed by atoms with Gasteiger partial charge in [0, 0.05) is 18.0 Å². The molecular formula is C14H20ClNO2. The summed E-state index contributed by atoms with van der Waals surface area (Å²) in [5, 5.41) is 3.81. The third-order valence-electron chi connectivity index (χ3n) is 2.61. The van der Waals surface area contributed by atoms with Gasteiger partial charge in [-0.25, -0.2) is 0 Å². The number of Topliss-reactive ketones (excluding diaryl/α,β-unsaturated/α-hetero) is 1. The Labute approximate surface area is 113 Å². The highest BCUT2D eigenvalue weighted by Gasteiger charge is 2.09. The maximum absolute atomic E-state index is 11.9. The summed E-state index contributed by atoms with van der Waals surface area (Å²) in [6, 6.07) is 5.58. The van der Waals surface area contributed by atoms with Crippen LogP contribution in [0.2, 0.25) is 5.02 Å². The van der Waals surface area contributed by atoms with Gasteiger partial charge < -0.3 is 10.1 Å². The van der Waals surface area contributed by atoms with Gasteiger partial charge in [-0.3, -0.25) is 4.79 Å². The Balaban J connectivity index is 2.51. The van der Waals surface area contributed by atoms with Crippen LogP contribution in [-0.2, 0) is 0 Å². The van der Waals surface area contributed by atoms with Crippen LogP contribution in [0.4, 0.5) is 0 Å². The predicted octanol–water partition coefficient (Wildman–Crippen LogP) is 3.31. The minimum absolute atomic E-state index is 0.121. The average molecular weight is 270 g/mol. The van der Waals surface area contributed by atoms with E-state index in [9.17, 15) is 4.79 Å². The van der Waals surface area contributed by atoms with Gasteiger partial charge >= 0.3 is 0 Å². The molecule has 18 heavy (non-hydrogen) atoms. The maximum Gasteiger partial charge on any atom is 0.163 e. The fourth-order valence-electron chi connectivity index (χ4n) is 1.62. The van der Waals surface area contributed by atoms with E-state index in [0.29, 0.717) is 28.8 Å². The Morgan fingerprint density at radius 1 is 1.44 bits per heavy atom. The van der Waals surface area contributed by atoms with Gasteiger partial charge in [0.25, 0.3) is 0 Å². The Morgan fingerprint density at radius 2 is 2.17 bits per heavy atom. The van der Waals surface area contributed by atoms with E-state index in [1.165, 1.54) is 0 Å². The van der Waals surface area contributed by atoms with Crippen molar-refractivity contribution in [2.45, 2.75) is 32.7 Å². The number of carbonyl (C=O) groups excluding carboxylic acids is 1. The molecule has 4 heteroatoms. The Bertz CT molecular complexity index is 405. The minimum atomic E-state index is 0.121. The minimum Gasteiger partial charge on any atom is -0.495 e. The Morgan fingerprint density at radius 3 is 2.78 bits per heavy atom. The molecule has 0 atom stereocenters. The molecular weight excluding hydrogens is 250 g/mol. The molecule has 3 nitrogen and oxygen atoms in total. The summed E-state index contributed by atoms with van der Waals surface area (Å²) in [4.78, 5) is 11.9. The smallest absolute Gasteiger partial charge is 0.163 e. The van der Waals surface area contributed by atoms with Crippen molar-refractivity contribution >= 4 is 17.4 Å². The van der Waals surface area contributed by atoms with Gasteiger partial charge in [-0.1, -0.05) is 25.4 Å². The molecule has 0 spiro atoms. The number of methoxy groups -OCH3 is 1. The quantitative estimate of drug-likeness (QED) is 0.610. The van der Waals surface area contributed by atoms with Gasteiger partial charge in [0.05, 0.1) is 12.1 Å². The van der Waals surface area contributed by atoms with E-state index < -0.39 is 0 Å². The van der Waals surface area contributed by atoms with Crippen LogP contribution in [0.15, 0.2) is 18.2 Å². The average Bonchev–Trinajstić information content (AvgIpc) is 2.34. The summed E-state index contributed by atoms with van der Waals surface area (Å²) in [6.07, 6.45) is 1.37. The van der Waals surface area contributed by atoms with E-state index in [0.717, 1.165) is 13.0 Å². The van der Waals surface area contributed by atoms with Crippen molar-refractivity contribution in [3.05, 3.63) is 28.8 Å². The molecule has 0 amide bonds. The second kappa shape index (κ2) is 7.39. The predicted molar refractivity (Wildman–Crippen MR) is 74.7 cm³/mol. The zero-order valence-corrected chi connectivity index (χ0v) is 11.9. The molecule has 0 saturated heterocycles. The van der Waals surface area contributed by atoms with Crippen molar-refractivity contribution in [3.63, 3.8) is 0 Å². The molecule has 0 aliphatic rings. The summed E-state index contributed by atoms with van der Waals surface area (Å²) >= 11 is 5.92. The number of hydrogen-bond donors (Lipinski definition) is 1. The van der Waals surface area contributed by atoms with Crippen LogP contribution in [0.25, 0.3) is 0 Å². The van der Waals surface area contributed by atoms with Gasteiger partial charge in [0.1, 0.15) is 5.75 Å². The molecule has 0 bridgehead atoms. The molecule has 0 saturated carbocycles. The molecule has 1 aromatic rings. The standard InChI is InChI=1S/C14H20ClNO2/c1-10(2)16-8-4-5-13(17)11-6-7-12(15)14(9-11)18-3/h6-7,9-10,16H,4-5,8H2,1-3H3. The number of rotatable bonds is 7. The van der Waals surface area contributed by atoms with E-state index in [1.54, 1.807) is 25.3 Å². The first-order chi connectivity index (χ1) is 8.54. The van der Waals surface area contributed by atoms with Crippen LogP contribution >= 0.6 is 11.6 Å². The fourth-order valence-corrected chi connectivity index (χ4v) is 1.81. The number of halogens is 1. The maximum atomic E-state index is 11.9. The van der Waals surface area contributed by atoms with E-state index >= 15 is 0 Å². The van der Waals surface area contributed by atoms with Gasteiger partial charge in [-0.05, 0) is 31.2 Å². The first-order valence-electron chi connectivity index (χ1n) is 6.14. The Hall–Kier alpha value is -1.06. The molecule has 1 rings (SSSR count). The zero-order valence-electron chi connectivity index (χ0n) is 11.1. The van der Waals surface area contributed by atoms with Gasteiger partial charge in [-0.15, -0.1) is 0 Å². The molecule has 0 heterocycles. The molecule has 0 aromatic heterocycles. The highest BCUT2D eigenvalue weighted by molar-refractivity contribution is 6.32. The van der Waals surface area contributed by atoms with E-state index in [1.807, 2.05) is 0 Å². The SMILES string of the molecule is COc1cc(C(=O)CCCNC(C)C)ccc1Cl. The van der Waals surface area contributed by atoms with Crippen molar-refractivity contribution in [1.82, 2.24) is 5.32 Å². The van der Waals surface area contributed by atoms with Crippen LogP contribution in [-0.4, -0.2) is 25.5 Å². The first-order valence-corrected chi connectivity index (χ1v) is 6.52. The summed E-state index contributed by atoms with van der Waals surface area (Å²) in [5.74, 6) is 0.665. The zero-order chi connectivity index (χ0) is 13.5. The summed E-state index contributed by atoms with van der Waals surface area (Å²) in [5.41, 5.74) is 0.654. The van der Waals surface area contributed by atoms with Crippen LogP contribution in [0.3, 0.4) is 0 Å². The third-order valence-corrected chi connectivity index (χ3v) is 2.92. The lowest BCUT2D eigenvalue weighted by atomic mass is 10.1. The van der Waals surface area contributed by atoms with E-state index in [-0.39, 0.29) is 5.78 Å². The van der Waals surface area contributed by atoms with Crippen molar-refractivity contribution in [2.24, 2.45) is 0 Å². The summed E-state index contributed by atoms with van der Waals surface area (Å²) in [6.45, 7) is 5.03. The monoisotopic (exact) mass is 269 g/mol. The van der Waals surface area contributed by atoms with E-state index in [4.69, 9.17) is 16.3 Å². The van der Waals surface area contributed by atoms with Gasteiger partial charge in [0.2, 0.25) is 0 Å². The number of ketones is 1. The van der Waals surface area contributed by atoms with Gasteiger partial charge in [-0.2, -0.15) is 0 Å². The van der Waals surface area contributed by atoms with Crippen LogP contribution < -0.4 is 10.1 Å². The fraction of sp³-hybridized carbons (Fsp3) is 0.500. The number of nitrogens with one attached hydrogen (secondary N) is 1. The molecule has 0 unspecified atom stereocenters. The van der Waals surface area contributed by atoms with Crippen LogP contribution in [0, 0.1) is 0 Å². The summed E-state index contributed by atoms with van der Waals surface area (Å²) in [7, 11) is 1.54. The third kappa shape index (κ3) is 4.67. The second-order valence-corrected chi connectivity index (χ2v) is 4.89. The molecule has 0 aliphatic heterocycles. The highest BCUT2D eigenvalue weighted by atomic mass is 35.5. The Kier molecular flexibility index (Phi) is 6.16. The lowest BCUT2D eigenvalue weighted by Crippen LogP contribution is -2.24. The number of hydrogen-bond acceptors (Lipinski definition) is 3. The van der Waals surface area contributed by atoms with Crippen molar-refractivity contribution < 1.29 is 9.53 Å². The van der Waals surface area contributed by atoms with E-state index in [2.05, 4.69) is 19.2 Å². The lowest BCUT2D eigenvalue weighted by molar-refractivity contribution is 0.0979. The molecule has 100 valence electrons. The molecule has 0 radical (unpaired) electrons. The van der Waals surface area contributed by atoms with Crippen LogP contribution in [0.5, 0.6) is 5.75 Å². The topological polar surface area (TPSA) is 38.3 Å². The van der Waals surface area contributed by atoms with Crippen molar-refractivity contribution in [1.29, 1.82) is 0 Å². The molecule has 1 N–H and O–H groups in total. The lowest BCUT2D eigenvalue weighted by Gasteiger charge is -2.08.